The molecule has 10 heteroatoms. The highest BCUT2D eigenvalue weighted by Crippen LogP contribution is 2.37. The largest absolute Gasteiger partial charge is 0.445 e. The fourth-order valence-corrected chi connectivity index (χ4v) is 4.90. The lowest BCUT2D eigenvalue weighted by molar-refractivity contribution is -0.131. The number of imide groups is 1. The van der Waals surface area contributed by atoms with Crippen LogP contribution in [0.3, 0.4) is 0 Å². The lowest BCUT2D eigenvalue weighted by atomic mass is 9.85. The molecule has 0 spiro atoms. The van der Waals surface area contributed by atoms with E-state index in [4.69, 9.17) is 9.47 Å². The van der Waals surface area contributed by atoms with Crippen molar-refractivity contribution in [1.29, 1.82) is 0 Å². The van der Waals surface area contributed by atoms with Gasteiger partial charge in [-0.05, 0) is 64.0 Å². The maximum atomic E-state index is 13.1. The molecule has 2 aliphatic rings. The topological polar surface area (TPSA) is 114 Å². The van der Waals surface area contributed by atoms with Gasteiger partial charge in [0.15, 0.2) is 0 Å². The Kier molecular flexibility index (Phi) is 9.04. The average molecular weight is 506 g/mol. The molecule has 1 saturated carbocycles. The monoisotopic (exact) mass is 505 g/mol. The molecule has 4 atom stereocenters. The molecule has 192 valence electrons. The van der Waals surface area contributed by atoms with Crippen LogP contribution in [-0.2, 0) is 25.7 Å². The van der Waals surface area contributed by atoms with E-state index in [0.717, 1.165) is 5.56 Å². The highest BCUT2D eigenvalue weighted by Gasteiger charge is 2.51. The minimum Gasteiger partial charge on any atom is -0.445 e. The van der Waals surface area contributed by atoms with E-state index in [9.17, 15) is 19.2 Å². The number of nitrogens with zero attached hydrogens (tertiary/aromatic N) is 1. The van der Waals surface area contributed by atoms with Crippen LogP contribution in [0.1, 0.15) is 52.0 Å². The Morgan fingerprint density at radius 2 is 1.89 bits per heavy atom. The molecular weight excluding hydrogens is 470 g/mol. The zero-order chi connectivity index (χ0) is 25.6. The zero-order valence-electron chi connectivity index (χ0n) is 20.7. The maximum Gasteiger partial charge on any atom is 0.417 e. The molecule has 4 amide bonds. The smallest absolute Gasteiger partial charge is 0.417 e. The number of hydrogen-bond donors (Lipinski definition) is 2. The van der Waals surface area contributed by atoms with Crippen LogP contribution in [0, 0.1) is 5.92 Å². The van der Waals surface area contributed by atoms with Gasteiger partial charge in [0, 0.05) is 12.1 Å². The molecule has 2 N–H and O–H groups in total. The lowest BCUT2D eigenvalue weighted by Gasteiger charge is -2.29. The highest BCUT2D eigenvalue weighted by atomic mass is 32.2. The van der Waals surface area contributed by atoms with Crippen LogP contribution in [0.2, 0.25) is 0 Å². The van der Waals surface area contributed by atoms with E-state index in [1.54, 1.807) is 32.5 Å². The first-order valence-electron chi connectivity index (χ1n) is 11.9. The highest BCUT2D eigenvalue weighted by molar-refractivity contribution is 7.98. The number of rotatable bonds is 8. The summed E-state index contributed by atoms with van der Waals surface area (Å²) in [6.07, 6.45) is 2.69. The summed E-state index contributed by atoms with van der Waals surface area (Å²) in [5.41, 5.74) is 0.145. The molecule has 1 heterocycles. The fraction of sp³-hybridized carbons (Fsp3) is 0.600. The number of thioether (sulfide) groups is 1. The molecule has 2 fully saturated rings. The summed E-state index contributed by atoms with van der Waals surface area (Å²) in [7, 11) is 0. The quantitative estimate of drug-likeness (QED) is 0.556. The molecule has 3 rings (SSSR count). The standard InChI is InChI=1S/C25H35N3O6S/c1-25(2,3)34-24(32)28-17-10-11-19(18(14-17)22(28)30)26-21(29)20(12-13-35-4)27-23(31)33-15-16-8-6-5-7-9-16/h5-9,17-20H,10-15H2,1-4H3,(H,26,29)(H,27,31)/t17?,18?,19?,20-/m0/s1. The van der Waals surface area contributed by atoms with Crippen LogP contribution in [0.5, 0.6) is 0 Å². The summed E-state index contributed by atoms with van der Waals surface area (Å²) in [5.74, 6) is -0.499. The third-order valence-electron chi connectivity index (χ3n) is 6.09. The number of nitrogens with one attached hydrogen (secondary N) is 2. The maximum absolute atomic E-state index is 13.1. The van der Waals surface area contributed by atoms with Crippen LogP contribution >= 0.6 is 11.8 Å². The minimum atomic E-state index is -0.790. The van der Waals surface area contributed by atoms with Gasteiger partial charge in [-0.3, -0.25) is 9.59 Å². The number of amides is 4. The van der Waals surface area contributed by atoms with Gasteiger partial charge in [-0.15, -0.1) is 0 Å². The molecule has 35 heavy (non-hydrogen) atoms. The molecule has 0 radical (unpaired) electrons. The number of ether oxygens (including phenoxy) is 2. The summed E-state index contributed by atoms with van der Waals surface area (Å²) in [5, 5.41) is 5.62. The van der Waals surface area contributed by atoms with Gasteiger partial charge >= 0.3 is 12.2 Å². The number of carbonyl (C=O) groups excluding carboxylic acids is 4. The summed E-state index contributed by atoms with van der Waals surface area (Å²) >= 11 is 1.57. The van der Waals surface area contributed by atoms with Gasteiger partial charge in [0.2, 0.25) is 11.8 Å². The Bertz CT molecular complexity index is 920. The van der Waals surface area contributed by atoms with E-state index in [1.165, 1.54) is 4.90 Å². The molecular formula is C25H35N3O6S. The normalized spacial score (nSPS) is 22.3. The van der Waals surface area contributed by atoms with E-state index in [-0.39, 0.29) is 24.5 Å². The molecule has 9 nitrogen and oxygen atoms in total. The number of carbonyl (C=O) groups is 4. The van der Waals surface area contributed by atoms with Gasteiger partial charge in [0.25, 0.3) is 0 Å². The third-order valence-corrected chi connectivity index (χ3v) is 6.74. The second-order valence-electron chi connectivity index (χ2n) is 9.92. The second-order valence-corrected chi connectivity index (χ2v) is 10.9. The van der Waals surface area contributed by atoms with Gasteiger partial charge in [-0.2, -0.15) is 11.8 Å². The Labute approximate surface area is 210 Å². The SMILES string of the molecule is CSCC[C@H](NC(=O)OCc1ccccc1)C(=O)NC1CCC2CC1C(=O)N2C(=O)OC(C)(C)C. The van der Waals surface area contributed by atoms with Gasteiger partial charge in [-0.1, -0.05) is 30.3 Å². The molecule has 3 unspecified atom stereocenters. The Morgan fingerprint density at radius 3 is 2.54 bits per heavy atom. The predicted molar refractivity (Wildman–Crippen MR) is 133 cm³/mol. The van der Waals surface area contributed by atoms with Gasteiger partial charge in [0.05, 0.1) is 5.92 Å². The minimum absolute atomic E-state index is 0.102. The molecule has 1 aromatic rings. The third kappa shape index (κ3) is 7.37. The Balaban J connectivity index is 1.58. The van der Waals surface area contributed by atoms with Crippen LogP contribution in [0.15, 0.2) is 30.3 Å². The van der Waals surface area contributed by atoms with Gasteiger partial charge in [0.1, 0.15) is 18.2 Å². The summed E-state index contributed by atoms with van der Waals surface area (Å²) in [4.78, 5) is 52.3. The van der Waals surface area contributed by atoms with Crippen LogP contribution in [0.25, 0.3) is 0 Å². The van der Waals surface area contributed by atoms with E-state index in [0.29, 0.717) is 31.4 Å². The van der Waals surface area contributed by atoms with Crippen molar-refractivity contribution in [2.45, 2.75) is 76.8 Å². The fourth-order valence-electron chi connectivity index (χ4n) is 4.43. The predicted octanol–water partition coefficient (Wildman–Crippen LogP) is 3.47. The summed E-state index contributed by atoms with van der Waals surface area (Å²) in [6.45, 7) is 5.37. The molecule has 0 aromatic heterocycles. The van der Waals surface area contributed by atoms with E-state index < -0.39 is 35.8 Å². The number of likely N-dealkylation sites (tertiary alicyclic amines) is 1. The lowest BCUT2D eigenvalue weighted by Crippen LogP contribution is -2.52. The molecule has 1 saturated heterocycles. The first kappa shape index (κ1) is 26.8. The van der Waals surface area contributed by atoms with Crippen molar-refractivity contribution in [3.63, 3.8) is 0 Å². The van der Waals surface area contributed by atoms with Crippen molar-refractivity contribution in [3.8, 4) is 0 Å². The van der Waals surface area contributed by atoms with Crippen molar-refractivity contribution in [2.75, 3.05) is 12.0 Å². The summed E-state index contributed by atoms with van der Waals surface area (Å²) in [6, 6.07) is 7.87. The van der Waals surface area contributed by atoms with Gasteiger partial charge < -0.3 is 20.1 Å². The van der Waals surface area contributed by atoms with Crippen LogP contribution in [0.4, 0.5) is 9.59 Å². The van der Waals surface area contributed by atoms with Crippen LogP contribution < -0.4 is 10.6 Å². The van der Waals surface area contributed by atoms with Crippen molar-refractivity contribution in [1.82, 2.24) is 15.5 Å². The Hall–Kier alpha value is -2.75. The van der Waals surface area contributed by atoms with E-state index >= 15 is 0 Å². The average Bonchev–Trinajstić information content (AvgIpc) is 3.07. The van der Waals surface area contributed by atoms with Gasteiger partial charge in [-0.25, -0.2) is 14.5 Å². The van der Waals surface area contributed by atoms with Crippen molar-refractivity contribution >= 4 is 35.8 Å². The first-order valence-corrected chi connectivity index (χ1v) is 13.3. The van der Waals surface area contributed by atoms with E-state index in [2.05, 4.69) is 10.6 Å². The van der Waals surface area contributed by atoms with Crippen molar-refractivity contribution in [3.05, 3.63) is 35.9 Å². The molecule has 1 aliphatic carbocycles. The van der Waals surface area contributed by atoms with E-state index in [1.807, 2.05) is 36.6 Å². The second kappa shape index (κ2) is 11.8. The van der Waals surface area contributed by atoms with Crippen LogP contribution in [-0.4, -0.2) is 64.6 Å². The summed E-state index contributed by atoms with van der Waals surface area (Å²) < 4.78 is 10.7. The number of fused-ring (bicyclic) bond motifs is 2. The Morgan fingerprint density at radius 1 is 1.17 bits per heavy atom. The first-order chi connectivity index (χ1) is 16.6. The van der Waals surface area contributed by atoms with Crippen molar-refractivity contribution in [2.24, 2.45) is 5.92 Å². The number of hydrogen-bond acceptors (Lipinski definition) is 7. The molecule has 1 aromatic carbocycles. The number of benzene rings is 1. The van der Waals surface area contributed by atoms with Crippen molar-refractivity contribution < 1.29 is 28.7 Å². The zero-order valence-corrected chi connectivity index (χ0v) is 21.6. The molecule has 2 bridgehead atoms. The number of alkyl carbamates (subject to hydrolysis) is 1. The molecule has 1 aliphatic heterocycles.